The highest BCUT2D eigenvalue weighted by molar-refractivity contribution is 6.26. The monoisotopic (exact) mass is 461 g/mol. The average molecular weight is 462 g/mol. The van der Waals surface area contributed by atoms with Gasteiger partial charge in [-0.3, -0.25) is 19.3 Å². The summed E-state index contributed by atoms with van der Waals surface area (Å²) in [6.45, 7) is 4.67. The maximum atomic E-state index is 14.2. The number of fused-ring (bicyclic) bond motifs is 7. The molecule has 2 aromatic carbocycles. The number of hydrogen-bond acceptors (Lipinski definition) is 6. The van der Waals surface area contributed by atoms with Crippen LogP contribution < -0.4 is 19.7 Å². The van der Waals surface area contributed by atoms with E-state index in [1.807, 2.05) is 26.0 Å². The molecule has 0 radical (unpaired) electrons. The number of hydrogen-bond donors (Lipinski definition) is 1. The van der Waals surface area contributed by atoms with Crippen molar-refractivity contribution in [1.82, 2.24) is 4.90 Å². The molecule has 8 nitrogen and oxygen atoms in total. The van der Waals surface area contributed by atoms with Crippen LogP contribution in [0.1, 0.15) is 29.5 Å². The number of carbonyl (C=O) groups excluding carboxylic acids is 3. The summed E-state index contributed by atoms with van der Waals surface area (Å²) in [6, 6.07) is 8.84. The topological polar surface area (TPSA) is 88.2 Å². The fourth-order valence-corrected chi connectivity index (χ4v) is 6.73. The maximum Gasteiger partial charge on any atom is 0.250 e. The van der Waals surface area contributed by atoms with Crippen molar-refractivity contribution in [2.24, 2.45) is 11.8 Å². The van der Waals surface area contributed by atoms with Crippen LogP contribution in [0, 0.1) is 25.7 Å². The molecule has 0 aliphatic carbocycles. The number of imide groups is 1. The maximum absolute atomic E-state index is 14.2. The van der Waals surface area contributed by atoms with Crippen molar-refractivity contribution >= 4 is 29.1 Å². The zero-order valence-electron chi connectivity index (χ0n) is 19.7. The van der Waals surface area contributed by atoms with Gasteiger partial charge in [0.2, 0.25) is 17.7 Å². The highest BCUT2D eigenvalue weighted by Crippen LogP contribution is 2.61. The van der Waals surface area contributed by atoms with Crippen LogP contribution in [0.5, 0.6) is 11.5 Å². The molecule has 3 fully saturated rings. The second kappa shape index (κ2) is 7.06. The van der Waals surface area contributed by atoms with Gasteiger partial charge in [0, 0.05) is 23.4 Å². The van der Waals surface area contributed by atoms with Gasteiger partial charge in [-0.15, -0.1) is 0 Å². The molecule has 176 valence electrons. The van der Waals surface area contributed by atoms with Crippen LogP contribution in [0.3, 0.4) is 0 Å². The van der Waals surface area contributed by atoms with Crippen LogP contribution in [0.2, 0.25) is 0 Å². The lowest BCUT2D eigenvalue weighted by Crippen LogP contribution is -2.54. The van der Waals surface area contributed by atoms with Crippen LogP contribution in [0.15, 0.2) is 30.3 Å². The van der Waals surface area contributed by atoms with E-state index in [1.54, 1.807) is 18.2 Å². The molecule has 4 aliphatic rings. The third kappa shape index (κ3) is 2.34. The first-order chi connectivity index (χ1) is 16.4. The van der Waals surface area contributed by atoms with Gasteiger partial charge in [0.1, 0.15) is 17.0 Å². The molecule has 1 N–H and O–H groups in total. The molecule has 0 unspecified atom stereocenters. The van der Waals surface area contributed by atoms with Gasteiger partial charge in [-0.25, -0.2) is 4.90 Å². The zero-order valence-corrected chi connectivity index (χ0v) is 19.7. The molecule has 0 saturated carbocycles. The van der Waals surface area contributed by atoms with Crippen LogP contribution in [-0.4, -0.2) is 49.4 Å². The Bertz CT molecular complexity index is 1270. The Morgan fingerprint density at radius 3 is 2.56 bits per heavy atom. The van der Waals surface area contributed by atoms with Crippen molar-refractivity contribution in [2.75, 3.05) is 31.0 Å². The van der Waals surface area contributed by atoms with Gasteiger partial charge in [0.05, 0.1) is 31.7 Å². The van der Waals surface area contributed by atoms with Gasteiger partial charge in [0.15, 0.2) is 0 Å². The first-order valence-corrected chi connectivity index (χ1v) is 11.6. The van der Waals surface area contributed by atoms with Gasteiger partial charge in [-0.2, -0.15) is 0 Å². The Labute approximate surface area is 197 Å². The Balaban J connectivity index is 1.56. The lowest BCUT2D eigenvalue weighted by Gasteiger charge is -2.36. The van der Waals surface area contributed by atoms with E-state index in [2.05, 4.69) is 10.2 Å². The minimum absolute atomic E-state index is 0.165. The molecule has 6 rings (SSSR count). The van der Waals surface area contributed by atoms with Crippen LogP contribution in [0.4, 0.5) is 11.4 Å². The zero-order chi connectivity index (χ0) is 23.9. The summed E-state index contributed by atoms with van der Waals surface area (Å²) in [7, 11) is 3.03. The average Bonchev–Trinajstić information content (AvgIpc) is 3.54. The third-order valence-corrected chi connectivity index (χ3v) is 8.33. The molecule has 0 bridgehead atoms. The fraction of sp³-hybridized carbons (Fsp3) is 0.423. The lowest BCUT2D eigenvalue weighted by atomic mass is 9.75. The Morgan fingerprint density at radius 1 is 1.03 bits per heavy atom. The highest BCUT2D eigenvalue weighted by atomic mass is 16.5. The standard InChI is InChI=1S/C26H27N3O5/c1-13-7-9-16-22(14(13)2)27-25(32)26(16)21-20(17-6-5-11-28(17)26)23(30)29(24(21)31)18-12-15(33-3)8-10-19(18)34-4/h7-10,12,17,20-21H,5-6,11H2,1-4H3,(H,27,32)/t17-,20+,21-,26+/m0/s1. The van der Waals surface area contributed by atoms with Gasteiger partial charge in [0.25, 0.3) is 0 Å². The van der Waals surface area contributed by atoms with Crippen LogP contribution in [0.25, 0.3) is 0 Å². The lowest BCUT2D eigenvalue weighted by molar-refractivity contribution is -0.135. The first-order valence-electron chi connectivity index (χ1n) is 11.6. The van der Waals surface area contributed by atoms with Crippen molar-refractivity contribution in [1.29, 1.82) is 0 Å². The Hall–Kier alpha value is -3.39. The molecule has 4 heterocycles. The van der Waals surface area contributed by atoms with Crippen LogP contribution >= 0.6 is 0 Å². The third-order valence-electron chi connectivity index (χ3n) is 8.33. The number of rotatable bonds is 3. The normalized spacial score (nSPS) is 29.5. The Kier molecular flexibility index (Phi) is 4.39. The SMILES string of the molecule is COc1ccc(OC)c(N2C(=O)[C@H]3[C@@H](C2=O)[C@]2(C(=O)Nc4c2ccc(C)c4C)N2CCC[C@@H]32)c1. The molecule has 1 spiro atoms. The quantitative estimate of drug-likeness (QED) is 0.708. The summed E-state index contributed by atoms with van der Waals surface area (Å²) in [5, 5.41) is 3.09. The highest BCUT2D eigenvalue weighted by Gasteiger charge is 2.74. The Morgan fingerprint density at radius 2 is 1.82 bits per heavy atom. The predicted molar refractivity (Wildman–Crippen MR) is 125 cm³/mol. The van der Waals surface area contributed by atoms with Gasteiger partial charge in [-0.1, -0.05) is 12.1 Å². The van der Waals surface area contributed by atoms with Crippen molar-refractivity contribution < 1.29 is 23.9 Å². The van der Waals surface area contributed by atoms with E-state index in [0.29, 0.717) is 23.7 Å². The predicted octanol–water partition coefficient (Wildman–Crippen LogP) is 2.75. The minimum Gasteiger partial charge on any atom is -0.497 e. The van der Waals surface area contributed by atoms with Crippen molar-refractivity contribution in [3.05, 3.63) is 47.0 Å². The van der Waals surface area contributed by atoms with Gasteiger partial charge in [-0.05, 0) is 56.5 Å². The van der Waals surface area contributed by atoms with Crippen molar-refractivity contribution in [3.63, 3.8) is 0 Å². The molecule has 3 saturated heterocycles. The number of ether oxygens (including phenoxy) is 2. The van der Waals surface area contributed by atoms with Crippen LogP contribution in [-0.2, 0) is 19.9 Å². The summed E-state index contributed by atoms with van der Waals surface area (Å²) >= 11 is 0. The van der Waals surface area contributed by atoms with E-state index < -0.39 is 17.4 Å². The summed E-state index contributed by atoms with van der Waals surface area (Å²) in [5.41, 5.74) is 2.80. The second-order valence-electron chi connectivity index (χ2n) is 9.61. The number of amides is 3. The summed E-state index contributed by atoms with van der Waals surface area (Å²) in [4.78, 5) is 45.3. The number of anilines is 2. The van der Waals surface area contributed by atoms with Gasteiger partial charge < -0.3 is 14.8 Å². The molecule has 3 amide bonds. The molecule has 4 aliphatic heterocycles. The minimum atomic E-state index is -1.19. The summed E-state index contributed by atoms with van der Waals surface area (Å²) in [6.07, 6.45) is 1.66. The van der Waals surface area contributed by atoms with E-state index in [0.717, 1.165) is 35.2 Å². The molecular weight excluding hydrogens is 434 g/mol. The number of nitrogens with one attached hydrogen (secondary N) is 1. The number of methoxy groups -OCH3 is 2. The van der Waals surface area contributed by atoms with Crippen molar-refractivity contribution in [3.8, 4) is 11.5 Å². The van der Waals surface area contributed by atoms with Crippen molar-refractivity contribution in [2.45, 2.75) is 38.3 Å². The van der Waals surface area contributed by atoms with Gasteiger partial charge >= 0.3 is 0 Å². The number of aryl methyl sites for hydroxylation is 1. The molecule has 4 atom stereocenters. The molecular formula is C26H27N3O5. The molecule has 0 aromatic heterocycles. The fourth-order valence-electron chi connectivity index (χ4n) is 6.73. The molecule has 2 aromatic rings. The largest absolute Gasteiger partial charge is 0.497 e. The van der Waals surface area contributed by atoms with E-state index in [9.17, 15) is 14.4 Å². The number of carbonyl (C=O) groups is 3. The number of benzene rings is 2. The van der Waals surface area contributed by atoms with E-state index in [-0.39, 0.29) is 23.8 Å². The summed E-state index contributed by atoms with van der Waals surface area (Å²) in [5.74, 6) is -1.33. The molecule has 34 heavy (non-hydrogen) atoms. The number of nitrogens with zero attached hydrogens (tertiary/aromatic N) is 2. The smallest absolute Gasteiger partial charge is 0.250 e. The first kappa shape index (κ1) is 21.2. The summed E-state index contributed by atoms with van der Waals surface area (Å²) < 4.78 is 10.8. The molecule has 8 heteroatoms. The van der Waals surface area contributed by atoms with E-state index in [1.165, 1.54) is 19.1 Å². The van der Waals surface area contributed by atoms with E-state index >= 15 is 0 Å². The second-order valence-corrected chi connectivity index (χ2v) is 9.61. The van der Waals surface area contributed by atoms with E-state index in [4.69, 9.17) is 9.47 Å².